The summed E-state index contributed by atoms with van der Waals surface area (Å²) in [6.07, 6.45) is 13.6. The molecule has 4 fully saturated rings. The standard InChI is InChI=1S/C32H39NO5.ClH/c1-37-30-27(36)14-25(34)29-26(35)15-28(38-31(29)30)24-8-6-20(7-9-24)5-3-2-4-10-33-19-32-16-21-11-22(17-32)13-23(12-21)18-32;/h6-9,14-15,21-23,33-34,36H,2-5,10-13,16-19H2,1H3;1H. The lowest BCUT2D eigenvalue weighted by Crippen LogP contribution is -2.50. The van der Waals surface area contributed by atoms with Crippen LogP contribution >= 0.6 is 12.4 Å². The lowest BCUT2D eigenvalue weighted by molar-refractivity contribution is -0.0512. The Bertz CT molecular complexity index is 1330. The number of fused-ring (bicyclic) bond motifs is 1. The molecule has 6 nitrogen and oxygen atoms in total. The van der Waals surface area contributed by atoms with E-state index in [0.29, 0.717) is 11.2 Å². The number of rotatable bonds is 10. The number of benzene rings is 2. The molecule has 4 aliphatic carbocycles. The van der Waals surface area contributed by atoms with E-state index in [1.54, 1.807) is 0 Å². The van der Waals surface area contributed by atoms with Crippen LogP contribution in [0.25, 0.3) is 22.3 Å². The molecular weight excluding hydrogens is 514 g/mol. The molecule has 2 aromatic carbocycles. The summed E-state index contributed by atoms with van der Waals surface area (Å²) < 4.78 is 11.1. The van der Waals surface area contributed by atoms with Gasteiger partial charge in [-0.25, -0.2) is 0 Å². The minimum Gasteiger partial charge on any atom is -0.507 e. The molecular formula is C32H40ClNO5. The molecule has 3 N–H and O–H groups in total. The summed E-state index contributed by atoms with van der Waals surface area (Å²) in [6.45, 7) is 2.35. The van der Waals surface area contributed by atoms with E-state index in [-0.39, 0.29) is 40.6 Å². The maximum absolute atomic E-state index is 12.7. The van der Waals surface area contributed by atoms with Gasteiger partial charge in [-0.15, -0.1) is 12.4 Å². The van der Waals surface area contributed by atoms with Crippen LogP contribution in [0.15, 0.2) is 45.6 Å². The smallest absolute Gasteiger partial charge is 0.204 e. The van der Waals surface area contributed by atoms with Crippen LogP contribution < -0.4 is 15.5 Å². The van der Waals surface area contributed by atoms with Crippen LogP contribution in [0.3, 0.4) is 0 Å². The molecule has 0 radical (unpaired) electrons. The normalized spacial score (nSPS) is 25.1. The fourth-order valence-corrected chi connectivity index (χ4v) is 8.07. The Morgan fingerprint density at radius 3 is 2.26 bits per heavy atom. The first-order valence-electron chi connectivity index (χ1n) is 14.3. The van der Waals surface area contributed by atoms with Crippen molar-refractivity contribution in [1.29, 1.82) is 0 Å². The number of phenols is 2. The number of ether oxygens (including phenoxy) is 1. The number of halogens is 1. The van der Waals surface area contributed by atoms with Crippen molar-refractivity contribution in [2.45, 2.75) is 64.2 Å². The fourth-order valence-electron chi connectivity index (χ4n) is 8.07. The summed E-state index contributed by atoms with van der Waals surface area (Å²) in [5.74, 6) is 2.85. The summed E-state index contributed by atoms with van der Waals surface area (Å²) in [4.78, 5) is 12.7. The van der Waals surface area contributed by atoms with Gasteiger partial charge >= 0.3 is 0 Å². The van der Waals surface area contributed by atoms with Gasteiger partial charge in [-0.05, 0) is 93.1 Å². The lowest BCUT2D eigenvalue weighted by atomic mass is 9.49. The Morgan fingerprint density at radius 1 is 0.949 bits per heavy atom. The number of hydrogen-bond acceptors (Lipinski definition) is 6. The molecule has 0 aliphatic heterocycles. The van der Waals surface area contributed by atoms with E-state index >= 15 is 0 Å². The van der Waals surface area contributed by atoms with Crippen LogP contribution in [0.4, 0.5) is 0 Å². The van der Waals surface area contributed by atoms with E-state index in [1.165, 1.54) is 76.7 Å². The van der Waals surface area contributed by atoms with Gasteiger partial charge < -0.3 is 24.7 Å². The van der Waals surface area contributed by atoms with Crippen molar-refractivity contribution < 1.29 is 19.4 Å². The SMILES string of the molecule is COc1c(O)cc(O)c2c(=O)cc(-c3ccc(CCCCCNCC45CC6CC(CC(C6)C4)C5)cc3)oc12.Cl. The summed E-state index contributed by atoms with van der Waals surface area (Å²) in [7, 11) is 1.38. The molecule has 4 bridgehead atoms. The highest BCUT2D eigenvalue weighted by Gasteiger charge is 2.50. The van der Waals surface area contributed by atoms with Crippen molar-refractivity contribution in [3.05, 3.63) is 52.2 Å². The van der Waals surface area contributed by atoms with Crippen molar-refractivity contribution in [2.24, 2.45) is 23.2 Å². The highest BCUT2D eigenvalue weighted by Crippen LogP contribution is 2.59. The van der Waals surface area contributed by atoms with Crippen molar-refractivity contribution in [2.75, 3.05) is 20.2 Å². The molecule has 7 rings (SSSR count). The van der Waals surface area contributed by atoms with E-state index in [1.807, 2.05) is 12.1 Å². The summed E-state index contributed by atoms with van der Waals surface area (Å²) >= 11 is 0. The third-order valence-corrected chi connectivity index (χ3v) is 9.34. The molecule has 1 aromatic heterocycles. The predicted molar refractivity (Wildman–Crippen MR) is 156 cm³/mol. The van der Waals surface area contributed by atoms with Crippen LogP contribution in [0, 0.1) is 23.2 Å². The monoisotopic (exact) mass is 553 g/mol. The molecule has 1 heterocycles. The number of nitrogens with one attached hydrogen (secondary N) is 1. The number of hydrogen-bond donors (Lipinski definition) is 3. The van der Waals surface area contributed by atoms with Gasteiger partial charge in [0.15, 0.2) is 16.8 Å². The van der Waals surface area contributed by atoms with Crippen LogP contribution in [0.2, 0.25) is 0 Å². The molecule has 0 atom stereocenters. The van der Waals surface area contributed by atoms with Crippen LogP contribution in [0.5, 0.6) is 17.2 Å². The minimum atomic E-state index is -0.391. The zero-order chi connectivity index (χ0) is 26.3. The minimum absolute atomic E-state index is 0. The molecule has 0 spiro atoms. The van der Waals surface area contributed by atoms with Gasteiger partial charge in [0, 0.05) is 24.2 Å². The molecule has 4 saturated carbocycles. The van der Waals surface area contributed by atoms with Gasteiger partial charge in [0.2, 0.25) is 5.75 Å². The quantitative estimate of drug-likeness (QED) is 0.239. The van der Waals surface area contributed by atoms with Gasteiger partial charge in [0.05, 0.1) is 7.11 Å². The van der Waals surface area contributed by atoms with Gasteiger partial charge in [0.1, 0.15) is 16.9 Å². The van der Waals surface area contributed by atoms with E-state index in [9.17, 15) is 15.0 Å². The summed E-state index contributed by atoms with van der Waals surface area (Å²) in [5.41, 5.74) is 2.27. The molecule has 0 amide bonds. The second kappa shape index (κ2) is 11.4. The first-order valence-corrected chi connectivity index (χ1v) is 14.3. The second-order valence-corrected chi connectivity index (χ2v) is 12.2. The average Bonchev–Trinajstić information content (AvgIpc) is 2.87. The lowest BCUT2D eigenvalue weighted by Gasteiger charge is -2.57. The van der Waals surface area contributed by atoms with Crippen LogP contribution in [-0.4, -0.2) is 30.4 Å². The Kier molecular flexibility index (Phi) is 8.16. The van der Waals surface area contributed by atoms with E-state index in [2.05, 4.69) is 17.4 Å². The maximum Gasteiger partial charge on any atom is 0.204 e. The highest BCUT2D eigenvalue weighted by atomic mass is 35.5. The van der Waals surface area contributed by atoms with Crippen LogP contribution in [0.1, 0.15) is 63.4 Å². The molecule has 3 aromatic rings. The third-order valence-electron chi connectivity index (χ3n) is 9.34. The number of phenolic OH excluding ortho intramolecular Hbond substituents is 2. The summed E-state index contributed by atoms with van der Waals surface area (Å²) in [6, 6.07) is 10.5. The number of aryl methyl sites for hydroxylation is 1. The first-order chi connectivity index (χ1) is 18.4. The molecule has 7 heteroatoms. The topological polar surface area (TPSA) is 91.9 Å². The number of methoxy groups -OCH3 is 1. The van der Waals surface area contributed by atoms with Crippen molar-refractivity contribution in [3.8, 4) is 28.6 Å². The Balaban J connectivity index is 0.00000308. The summed E-state index contributed by atoms with van der Waals surface area (Å²) in [5, 5.41) is 24.0. The largest absolute Gasteiger partial charge is 0.507 e. The molecule has 210 valence electrons. The molecule has 4 aliphatic rings. The molecule has 39 heavy (non-hydrogen) atoms. The zero-order valence-corrected chi connectivity index (χ0v) is 23.5. The predicted octanol–water partition coefficient (Wildman–Crippen LogP) is 6.82. The van der Waals surface area contributed by atoms with Crippen molar-refractivity contribution in [3.63, 3.8) is 0 Å². The fraction of sp³-hybridized carbons (Fsp3) is 0.531. The van der Waals surface area contributed by atoms with E-state index in [0.717, 1.165) is 48.8 Å². The Hall–Kier alpha value is -2.70. The van der Waals surface area contributed by atoms with Crippen molar-refractivity contribution >= 4 is 23.4 Å². The third kappa shape index (κ3) is 5.64. The maximum atomic E-state index is 12.7. The first kappa shape index (κ1) is 27.9. The Labute approximate surface area is 236 Å². The average molecular weight is 554 g/mol. The van der Waals surface area contributed by atoms with Crippen LogP contribution in [-0.2, 0) is 6.42 Å². The van der Waals surface area contributed by atoms with Gasteiger partial charge in [-0.1, -0.05) is 30.7 Å². The highest BCUT2D eigenvalue weighted by molar-refractivity contribution is 5.91. The molecule has 0 saturated heterocycles. The zero-order valence-electron chi connectivity index (χ0n) is 22.7. The van der Waals surface area contributed by atoms with E-state index < -0.39 is 5.43 Å². The van der Waals surface area contributed by atoms with E-state index in [4.69, 9.17) is 9.15 Å². The van der Waals surface area contributed by atoms with Gasteiger partial charge in [-0.3, -0.25) is 4.79 Å². The number of unbranched alkanes of at least 4 members (excludes halogenated alkanes) is 2. The molecule has 0 unspecified atom stereocenters. The Morgan fingerprint density at radius 2 is 1.62 bits per heavy atom. The van der Waals surface area contributed by atoms with Gasteiger partial charge in [0.25, 0.3) is 0 Å². The second-order valence-electron chi connectivity index (χ2n) is 12.2. The van der Waals surface area contributed by atoms with Gasteiger partial charge in [-0.2, -0.15) is 0 Å². The van der Waals surface area contributed by atoms with Crippen molar-refractivity contribution in [1.82, 2.24) is 5.32 Å². The number of aromatic hydroxyl groups is 2.